The van der Waals surface area contributed by atoms with Crippen LogP contribution < -0.4 is 0 Å². The minimum atomic E-state index is -0.0471. The highest BCUT2D eigenvalue weighted by Crippen LogP contribution is 2.25. The number of aliphatic hydroxyl groups excluding tert-OH is 1. The van der Waals surface area contributed by atoms with Crippen molar-refractivity contribution in [3.8, 4) is 10.6 Å². The monoisotopic (exact) mass is 292 g/mol. The molecule has 5 nitrogen and oxygen atoms in total. The molecule has 0 bridgehead atoms. The van der Waals surface area contributed by atoms with Gasteiger partial charge in [-0.25, -0.2) is 4.98 Å². The summed E-state index contributed by atoms with van der Waals surface area (Å²) in [7, 11) is 0. The number of carbonyl (C=O) groups is 1. The fraction of sp³-hybridized carbons (Fsp3) is 0.429. The third-order valence-corrected chi connectivity index (χ3v) is 4.45. The van der Waals surface area contributed by atoms with Gasteiger partial charge in [0, 0.05) is 30.6 Å². The number of piperidine rings is 1. The van der Waals surface area contributed by atoms with E-state index in [0.29, 0.717) is 12.2 Å². The number of hydrogen-bond acceptors (Lipinski definition) is 5. The van der Waals surface area contributed by atoms with Crippen LogP contribution in [-0.2, 0) is 0 Å². The van der Waals surface area contributed by atoms with Gasteiger partial charge in [-0.3, -0.25) is 4.79 Å². The zero-order valence-electron chi connectivity index (χ0n) is 11.0. The number of rotatable bonds is 3. The first-order valence-corrected chi connectivity index (χ1v) is 7.54. The Bertz CT molecular complexity index is 579. The number of hydrogen-bond donors (Lipinski definition) is 1. The van der Waals surface area contributed by atoms with Crippen molar-refractivity contribution in [3.63, 3.8) is 0 Å². The second-order valence-corrected chi connectivity index (χ2v) is 5.85. The van der Waals surface area contributed by atoms with Crippen molar-refractivity contribution < 1.29 is 14.3 Å². The standard InChI is InChI=1S/C14H16N2O3S/c17-7-10-2-1-4-16(6-10)14(18)12-9-20-13(15-12)11-3-5-19-8-11/h3,5,8-10,17H,1-2,4,6-7H2. The van der Waals surface area contributed by atoms with Gasteiger partial charge in [-0.05, 0) is 24.8 Å². The summed E-state index contributed by atoms with van der Waals surface area (Å²) in [4.78, 5) is 18.6. The van der Waals surface area contributed by atoms with Gasteiger partial charge in [0.1, 0.15) is 17.0 Å². The number of thiazole rings is 1. The van der Waals surface area contributed by atoms with Crippen LogP contribution in [0.25, 0.3) is 10.6 Å². The molecule has 6 heteroatoms. The number of likely N-dealkylation sites (tertiary alicyclic amines) is 1. The fourth-order valence-electron chi connectivity index (χ4n) is 2.45. The topological polar surface area (TPSA) is 66.6 Å². The largest absolute Gasteiger partial charge is 0.472 e. The van der Waals surface area contributed by atoms with E-state index in [1.54, 1.807) is 22.8 Å². The predicted molar refractivity (Wildman–Crippen MR) is 75.5 cm³/mol. The van der Waals surface area contributed by atoms with Gasteiger partial charge in [0.25, 0.3) is 5.91 Å². The Morgan fingerprint density at radius 2 is 2.50 bits per heavy atom. The summed E-state index contributed by atoms with van der Waals surface area (Å²) in [5.74, 6) is 0.147. The lowest BCUT2D eigenvalue weighted by atomic mass is 9.99. The molecule has 1 aliphatic heterocycles. The Balaban J connectivity index is 1.74. The number of carbonyl (C=O) groups excluding carboxylic acids is 1. The molecular weight excluding hydrogens is 276 g/mol. The number of furan rings is 1. The first-order chi connectivity index (χ1) is 9.78. The smallest absolute Gasteiger partial charge is 0.273 e. The quantitative estimate of drug-likeness (QED) is 0.942. The molecule has 1 atom stereocenters. The number of nitrogens with zero attached hydrogens (tertiary/aromatic N) is 2. The SMILES string of the molecule is O=C(c1csc(-c2ccoc2)n1)N1CCCC(CO)C1. The van der Waals surface area contributed by atoms with Gasteiger partial charge < -0.3 is 14.4 Å². The molecule has 1 unspecified atom stereocenters. The Labute approximate surface area is 120 Å². The van der Waals surface area contributed by atoms with E-state index in [9.17, 15) is 9.90 Å². The van der Waals surface area contributed by atoms with Crippen LogP contribution in [0.4, 0.5) is 0 Å². The van der Waals surface area contributed by atoms with Gasteiger partial charge in [-0.15, -0.1) is 11.3 Å². The van der Waals surface area contributed by atoms with Crippen LogP contribution >= 0.6 is 11.3 Å². The molecule has 1 amide bonds. The normalized spacial score (nSPS) is 19.2. The lowest BCUT2D eigenvalue weighted by Gasteiger charge is -2.31. The summed E-state index contributed by atoms with van der Waals surface area (Å²) in [5.41, 5.74) is 1.37. The van der Waals surface area contributed by atoms with Crippen LogP contribution in [0.3, 0.4) is 0 Å². The van der Waals surface area contributed by atoms with Crippen molar-refractivity contribution in [1.29, 1.82) is 0 Å². The van der Waals surface area contributed by atoms with Crippen LogP contribution in [0.1, 0.15) is 23.3 Å². The molecule has 0 spiro atoms. The van der Waals surface area contributed by atoms with Gasteiger partial charge >= 0.3 is 0 Å². The van der Waals surface area contributed by atoms with E-state index in [-0.39, 0.29) is 18.4 Å². The molecule has 3 heterocycles. The molecule has 1 N–H and O–H groups in total. The molecule has 20 heavy (non-hydrogen) atoms. The van der Waals surface area contributed by atoms with Crippen LogP contribution in [0.2, 0.25) is 0 Å². The third-order valence-electron chi connectivity index (χ3n) is 3.56. The Morgan fingerprint density at radius 3 is 3.25 bits per heavy atom. The van der Waals surface area contributed by atoms with Gasteiger partial charge in [0.2, 0.25) is 0 Å². The summed E-state index contributed by atoms with van der Waals surface area (Å²) in [6.45, 7) is 1.50. The molecule has 0 aromatic carbocycles. The van der Waals surface area contributed by atoms with E-state index in [4.69, 9.17) is 4.42 Å². The molecular formula is C14H16N2O3S. The zero-order valence-corrected chi connectivity index (χ0v) is 11.8. The van der Waals surface area contributed by atoms with E-state index >= 15 is 0 Å². The molecule has 0 saturated carbocycles. The first-order valence-electron chi connectivity index (χ1n) is 6.66. The molecule has 2 aromatic rings. The Kier molecular flexibility index (Phi) is 3.84. The van der Waals surface area contributed by atoms with E-state index in [0.717, 1.165) is 30.0 Å². The first kappa shape index (κ1) is 13.3. The number of aromatic nitrogens is 1. The highest BCUT2D eigenvalue weighted by molar-refractivity contribution is 7.13. The van der Waals surface area contributed by atoms with Gasteiger partial charge in [0.15, 0.2) is 0 Å². The second-order valence-electron chi connectivity index (χ2n) is 4.99. The van der Waals surface area contributed by atoms with Gasteiger partial charge in [-0.1, -0.05) is 0 Å². The zero-order chi connectivity index (χ0) is 13.9. The highest BCUT2D eigenvalue weighted by Gasteiger charge is 2.25. The Morgan fingerprint density at radius 1 is 1.60 bits per heavy atom. The summed E-state index contributed by atoms with van der Waals surface area (Å²) in [6.07, 6.45) is 5.14. The molecule has 1 fully saturated rings. The lowest BCUT2D eigenvalue weighted by Crippen LogP contribution is -2.41. The van der Waals surface area contributed by atoms with Gasteiger partial charge in [-0.2, -0.15) is 0 Å². The molecule has 0 aliphatic carbocycles. The summed E-state index contributed by atoms with van der Waals surface area (Å²) >= 11 is 1.44. The van der Waals surface area contributed by atoms with E-state index < -0.39 is 0 Å². The Hall–Kier alpha value is -1.66. The molecule has 106 valence electrons. The second kappa shape index (κ2) is 5.76. The van der Waals surface area contributed by atoms with E-state index in [2.05, 4.69) is 4.98 Å². The average molecular weight is 292 g/mol. The van der Waals surface area contributed by atoms with Crippen molar-refractivity contribution in [3.05, 3.63) is 29.7 Å². The summed E-state index contributed by atoms with van der Waals surface area (Å²) in [6, 6.07) is 1.83. The number of aliphatic hydroxyl groups is 1. The van der Waals surface area contributed by atoms with Crippen molar-refractivity contribution in [1.82, 2.24) is 9.88 Å². The van der Waals surface area contributed by atoms with Gasteiger partial charge in [0.05, 0.1) is 6.26 Å². The van der Waals surface area contributed by atoms with E-state index in [1.165, 1.54) is 11.3 Å². The van der Waals surface area contributed by atoms with Crippen LogP contribution in [0.5, 0.6) is 0 Å². The maximum atomic E-state index is 12.4. The van der Waals surface area contributed by atoms with Crippen molar-refractivity contribution in [2.45, 2.75) is 12.8 Å². The van der Waals surface area contributed by atoms with Crippen LogP contribution in [0, 0.1) is 5.92 Å². The van der Waals surface area contributed by atoms with Crippen LogP contribution in [-0.4, -0.2) is 40.6 Å². The van der Waals surface area contributed by atoms with Crippen molar-refractivity contribution in [2.75, 3.05) is 19.7 Å². The minimum absolute atomic E-state index is 0.0471. The summed E-state index contributed by atoms with van der Waals surface area (Å²) < 4.78 is 5.03. The predicted octanol–water partition coefficient (Wildman–Crippen LogP) is 2.25. The van der Waals surface area contributed by atoms with Crippen molar-refractivity contribution in [2.24, 2.45) is 5.92 Å². The number of amides is 1. The molecule has 1 saturated heterocycles. The summed E-state index contributed by atoms with van der Waals surface area (Å²) in [5, 5.41) is 11.8. The maximum Gasteiger partial charge on any atom is 0.273 e. The fourth-order valence-corrected chi connectivity index (χ4v) is 3.23. The minimum Gasteiger partial charge on any atom is -0.472 e. The molecule has 1 aliphatic rings. The highest BCUT2D eigenvalue weighted by atomic mass is 32.1. The molecule has 0 radical (unpaired) electrons. The lowest BCUT2D eigenvalue weighted by molar-refractivity contribution is 0.0616. The van der Waals surface area contributed by atoms with E-state index in [1.807, 2.05) is 6.07 Å². The van der Waals surface area contributed by atoms with Crippen LogP contribution in [0.15, 0.2) is 28.4 Å². The molecule has 2 aromatic heterocycles. The third kappa shape index (κ3) is 2.62. The maximum absolute atomic E-state index is 12.4. The van der Waals surface area contributed by atoms with Crippen molar-refractivity contribution >= 4 is 17.2 Å². The average Bonchev–Trinajstić information content (AvgIpc) is 3.17. The molecule has 3 rings (SSSR count).